The monoisotopic (exact) mass is 345 g/mol. The fourth-order valence-corrected chi connectivity index (χ4v) is 4.16. The van der Waals surface area contributed by atoms with Gasteiger partial charge >= 0.3 is 6.09 Å². The molecule has 4 nitrogen and oxygen atoms in total. The molecule has 2 fully saturated rings. The summed E-state index contributed by atoms with van der Waals surface area (Å²) in [7, 11) is 0. The smallest absolute Gasteiger partial charge is 0.410 e. The fraction of sp³-hybridized carbons (Fsp3) is 0.667. The Kier molecular flexibility index (Phi) is 5.38. The van der Waals surface area contributed by atoms with Crippen LogP contribution in [0.15, 0.2) is 30.3 Å². The van der Waals surface area contributed by atoms with Crippen LogP contribution in [0.25, 0.3) is 0 Å². The van der Waals surface area contributed by atoms with Gasteiger partial charge in [-0.1, -0.05) is 49.6 Å². The number of nitrogens with zero attached hydrogens (tertiary/aromatic N) is 1. The molecule has 0 N–H and O–H groups in total. The molecule has 0 unspecified atom stereocenters. The zero-order chi connectivity index (χ0) is 17.9. The number of likely N-dealkylation sites (tertiary alicyclic amines) is 1. The van der Waals surface area contributed by atoms with E-state index in [1.165, 1.54) is 37.7 Å². The minimum atomic E-state index is -0.457. The van der Waals surface area contributed by atoms with Crippen molar-refractivity contribution in [2.75, 3.05) is 13.2 Å². The lowest BCUT2D eigenvalue weighted by atomic mass is 9.63. The zero-order valence-corrected chi connectivity index (χ0v) is 15.8. The van der Waals surface area contributed by atoms with E-state index in [-0.39, 0.29) is 17.6 Å². The molecule has 4 heteroatoms. The van der Waals surface area contributed by atoms with Gasteiger partial charge in [-0.2, -0.15) is 0 Å². The van der Waals surface area contributed by atoms with Crippen LogP contribution in [0.5, 0.6) is 0 Å². The summed E-state index contributed by atoms with van der Waals surface area (Å²) in [5.74, 6) is 0. The highest BCUT2D eigenvalue weighted by Gasteiger charge is 2.55. The fourth-order valence-electron chi connectivity index (χ4n) is 4.16. The predicted molar refractivity (Wildman–Crippen MR) is 98.3 cm³/mol. The van der Waals surface area contributed by atoms with Crippen molar-refractivity contribution in [3.05, 3.63) is 35.9 Å². The summed E-state index contributed by atoms with van der Waals surface area (Å²) in [6.07, 6.45) is 6.04. The molecule has 25 heavy (non-hydrogen) atoms. The van der Waals surface area contributed by atoms with Crippen LogP contribution in [-0.4, -0.2) is 35.8 Å². The number of benzene rings is 1. The van der Waals surface area contributed by atoms with Crippen molar-refractivity contribution in [1.82, 2.24) is 4.90 Å². The van der Waals surface area contributed by atoms with Crippen LogP contribution in [0.1, 0.15) is 58.4 Å². The van der Waals surface area contributed by atoms with Crippen LogP contribution < -0.4 is 0 Å². The average molecular weight is 345 g/mol. The lowest BCUT2D eigenvalue weighted by Crippen LogP contribution is -2.68. The second-order valence-electron chi connectivity index (χ2n) is 8.55. The minimum absolute atomic E-state index is 0.145. The van der Waals surface area contributed by atoms with Gasteiger partial charge in [0, 0.05) is 12.0 Å². The Morgan fingerprint density at radius 3 is 2.48 bits per heavy atom. The van der Waals surface area contributed by atoms with Gasteiger partial charge in [0.05, 0.1) is 19.3 Å². The van der Waals surface area contributed by atoms with Gasteiger partial charge < -0.3 is 14.4 Å². The topological polar surface area (TPSA) is 38.8 Å². The Labute approximate surface area is 151 Å². The van der Waals surface area contributed by atoms with Gasteiger partial charge in [0.25, 0.3) is 0 Å². The van der Waals surface area contributed by atoms with E-state index >= 15 is 0 Å². The molecular weight excluding hydrogens is 314 g/mol. The molecule has 1 heterocycles. The van der Waals surface area contributed by atoms with Gasteiger partial charge in [0.15, 0.2) is 0 Å². The highest BCUT2D eigenvalue weighted by atomic mass is 16.6. The van der Waals surface area contributed by atoms with Crippen molar-refractivity contribution >= 4 is 6.09 Å². The van der Waals surface area contributed by atoms with E-state index in [1.807, 2.05) is 43.9 Å². The third-order valence-corrected chi connectivity index (χ3v) is 5.43. The van der Waals surface area contributed by atoms with Crippen molar-refractivity contribution in [1.29, 1.82) is 0 Å². The van der Waals surface area contributed by atoms with Crippen molar-refractivity contribution in [3.8, 4) is 0 Å². The van der Waals surface area contributed by atoms with Crippen LogP contribution in [-0.2, 0) is 16.1 Å². The first-order chi connectivity index (χ1) is 11.9. The quantitative estimate of drug-likeness (QED) is 0.789. The first-order valence-electron chi connectivity index (χ1n) is 9.51. The van der Waals surface area contributed by atoms with Crippen molar-refractivity contribution in [2.45, 2.75) is 71.1 Å². The molecule has 1 aromatic rings. The molecule has 3 rings (SSSR count). The molecule has 0 radical (unpaired) electrons. The van der Waals surface area contributed by atoms with E-state index in [0.29, 0.717) is 13.2 Å². The number of carbonyl (C=O) groups is 1. The molecule has 1 spiro atoms. The van der Waals surface area contributed by atoms with Crippen LogP contribution in [0, 0.1) is 5.41 Å². The van der Waals surface area contributed by atoms with Crippen molar-refractivity contribution in [2.24, 2.45) is 5.41 Å². The highest BCUT2D eigenvalue weighted by Crippen LogP contribution is 2.49. The lowest BCUT2D eigenvalue weighted by Gasteiger charge is -2.58. The van der Waals surface area contributed by atoms with Gasteiger partial charge in [-0.15, -0.1) is 0 Å². The predicted octanol–water partition coefficient (Wildman–Crippen LogP) is 4.77. The molecule has 1 aromatic carbocycles. The number of hydrogen-bond acceptors (Lipinski definition) is 3. The van der Waals surface area contributed by atoms with E-state index in [9.17, 15) is 4.79 Å². The SMILES string of the molecule is CC(C)(C)OC(=O)N1CC2(CCCCC2)[C@H]1COCc1ccccc1. The van der Waals surface area contributed by atoms with Gasteiger partial charge in [-0.3, -0.25) is 0 Å². The van der Waals surface area contributed by atoms with Crippen LogP contribution in [0.3, 0.4) is 0 Å². The third-order valence-electron chi connectivity index (χ3n) is 5.43. The van der Waals surface area contributed by atoms with Crippen LogP contribution in [0.2, 0.25) is 0 Å². The molecule has 0 aromatic heterocycles. The summed E-state index contributed by atoms with van der Waals surface area (Å²) in [6.45, 7) is 7.76. The Hall–Kier alpha value is -1.55. The van der Waals surface area contributed by atoms with Gasteiger partial charge in [-0.05, 0) is 39.2 Å². The number of ether oxygens (including phenoxy) is 2. The molecule has 1 saturated heterocycles. The van der Waals surface area contributed by atoms with E-state index in [2.05, 4.69) is 12.1 Å². The summed E-state index contributed by atoms with van der Waals surface area (Å²) >= 11 is 0. The standard InChI is InChI=1S/C21H31NO3/c1-20(2,3)25-19(23)22-16-21(12-8-5-9-13-21)18(22)15-24-14-17-10-6-4-7-11-17/h4,6-7,10-11,18H,5,8-9,12-16H2,1-3H3/t18-/m1/s1. The number of hydrogen-bond donors (Lipinski definition) is 0. The van der Waals surface area contributed by atoms with E-state index < -0.39 is 5.60 Å². The van der Waals surface area contributed by atoms with Crippen LogP contribution in [0.4, 0.5) is 4.79 Å². The molecule has 1 aliphatic heterocycles. The summed E-state index contributed by atoms with van der Waals surface area (Å²) in [5, 5.41) is 0. The lowest BCUT2D eigenvalue weighted by molar-refractivity contribution is -0.125. The summed E-state index contributed by atoms with van der Waals surface area (Å²) < 4.78 is 11.6. The Balaban J connectivity index is 1.62. The van der Waals surface area contributed by atoms with Crippen molar-refractivity contribution < 1.29 is 14.3 Å². The van der Waals surface area contributed by atoms with Gasteiger partial charge in [-0.25, -0.2) is 4.79 Å². The van der Waals surface area contributed by atoms with Gasteiger partial charge in [0.2, 0.25) is 0 Å². The van der Waals surface area contributed by atoms with E-state index in [4.69, 9.17) is 9.47 Å². The molecule has 1 aliphatic carbocycles. The molecular formula is C21H31NO3. The highest BCUT2D eigenvalue weighted by molar-refractivity contribution is 5.70. The number of carbonyl (C=O) groups excluding carboxylic acids is 1. The average Bonchev–Trinajstić information content (AvgIpc) is 2.57. The molecule has 1 saturated carbocycles. The molecule has 0 bridgehead atoms. The molecule has 1 amide bonds. The second kappa shape index (κ2) is 7.36. The van der Waals surface area contributed by atoms with E-state index in [0.717, 1.165) is 6.54 Å². The third kappa shape index (κ3) is 4.35. The van der Waals surface area contributed by atoms with E-state index in [1.54, 1.807) is 0 Å². The Morgan fingerprint density at radius 2 is 1.84 bits per heavy atom. The molecule has 138 valence electrons. The summed E-state index contributed by atoms with van der Waals surface area (Å²) in [5.41, 5.74) is 0.955. The maximum Gasteiger partial charge on any atom is 0.410 e. The number of rotatable bonds is 4. The molecule has 1 atom stereocenters. The zero-order valence-electron chi connectivity index (χ0n) is 15.8. The minimum Gasteiger partial charge on any atom is -0.444 e. The largest absolute Gasteiger partial charge is 0.444 e. The maximum absolute atomic E-state index is 12.6. The summed E-state index contributed by atoms with van der Waals surface area (Å²) in [6, 6.07) is 10.4. The van der Waals surface area contributed by atoms with Crippen molar-refractivity contribution in [3.63, 3.8) is 0 Å². The summed E-state index contributed by atoms with van der Waals surface area (Å²) in [4.78, 5) is 14.4. The first kappa shape index (κ1) is 18.2. The normalized spacial score (nSPS) is 22.5. The van der Waals surface area contributed by atoms with Crippen LogP contribution >= 0.6 is 0 Å². The number of amides is 1. The second-order valence-corrected chi connectivity index (χ2v) is 8.55. The Bertz CT molecular complexity index is 573. The van der Waals surface area contributed by atoms with Gasteiger partial charge in [0.1, 0.15) is 5.60 Å². The Morgan fingerprint density at radius 1 is 1.16 bits per heavy atom. The molecule has 2 aliphatic rings. The maximum atomic E-state index is 12.6. The first-order valence-corrected chi connectivity index (χ1v) is 9.51.